The molecule has 2 fully saturated rings. The highest BCUT2D eigenvalue weighted by Crippen LogP contribution is 2.50. The number of rotatable bonds is 19. The first kappa shape index (κ1) is 42.3. The van der Waals surface area contributed by atoms with Gasteiger partial charge in [0.05, 0.1) is 41.1 Å². The van der Waals surface area contributed by atoms with Crippen molar-refractivity contribution in [1.82, 2.24) is 19.6 Å². The normalized spacial score (nSPS) is 19.7. The summed E-state index contributed by atoms with van der Waals surface area (Å²) >= 11 is 1.68. The van der Waals surface area contributed by atoms with Crippen LogP contribution in [0, 0.1) is 11.8 Å². The Kier molecular flexibility index (Phi) is 13.6. The van der Waals surface area contributed by atoms with Gasteiger partial charge in [-0.15, -0.1) is 11.3 Å². The molecule has 5 rings (SSSR count). The third-order valence-corrected chi connectivity index (χ3v) is 20.4. The zero-order chi connectivity index (χ0) is 38.8. The quantitative estimate of drug-likeness (QED) is 0.0513. The Morgan fingerprint density at radius 3 is 2.08 bits per heavy atom. The van der Waals surface area contributed by atoms with E-state index in [0.29, 0.717) is 51.6 Å². The summed E-state index contributed by atoms with van der Waals surface area (Å²) in [7, 11) is -4.49. The lowest BCUT2D eigenvalue weighted by Crippen LogP contribution is -2.40. The predicted molar refractivity (Wildman–Crippen MR) is 230 cm³/mol. The molecular formula is C40H69N5O4SSi3. The smallest absolute Gasteiger partial charge is 0.192 e. The Labute approximate surface area is 327 Å². The van der Waals surface area contributed by atoms with E-state index in [1.54, 1.807) is 11.3 Å². The number of thiazole rings is 1. The van der Waals surface area contributed by atoms with Gasteiger partial charge in [0.1, 0.15) is 30.0 Å². The maximum Gasteiger partial charge on any atom is 0.192 e. The second-order valence-electron chi connectivity index (χ2n) is 19.5. The summed E-state index contributed by atoms with van der Waals surface area (Å²) in [6.45, 7) is 35.5. The minimum absolute atomic E-state index is 0.136. The monoisotopic (exact) mass is 799 g/mol. The number of fused-ring (bicyclic) bond motifs is 3. The lowest BCUT2D eigenvalue weighted by Gasteiger charge is -2.35. The van der Waals surface area contributed by atoms with Gasteiger partial charge >= 0.3 is 0 Å². The zero-order valence-corrected chi connectivity index (χ0v) is 38.9. The molecule has 9 nitrogen and oxygen atoms in total. The Morgan fingerprint density at radius 2 is 1.53 bits per heavy atom. The standard InChI is InChI=1S/C40H69N5O4SSi3/c1-14-48-29(2)36-37(32-22-30-15-16-31(21-30)23-32)43-38-33(34-25-41-35(50-34)26-49-53(12,13)40(3,4)5)24-42-45(38)39(36)44(27-46-17-19-51(6,7)8)28-47-18-20-52(9,10)11/h24-25,30-32H,2,14-23,26-28H2,1,3-13H3/t30-,31+,32?. The van der Waals surface area contributed by atoms with Crippen LogP contribution in [0.15, 0.2) is 19.0 Å². The Hall–Kier alpha value is -1.88. The van der Waals surface area contributed by atoms with Gasteiger partial charge < -0.3 is 23.5 Å². The summed E-state index contributed by atoms with van der Waals surface area (Å²) in [5, 5.41) is 6.19. The molecule has 1 unspecified atom stereocenters. The molecule has 3 aromatic heterocycles. The fraction of sp³-hybridized carbons (Fsp3) is 0.725. The first-order valence-corrected chi connectivity index (χ1v) is 31.1. The molecule has 3 atom stereocenters. The number of anilines is 1. The van der Waals surface area contributed by atoms with Gasteiger partial charge in [-0.3, -0.25) is 0 Å². The zero-order valence-electron chi connectivity index (χ0n) is 35.1. The minimum atomic E-state index is -1.92. The van der Waals surface area contributed by atoms with Crippen LogP contribution in [0.1, 0.15) is 82.0 Å². The molecule has 53 heavy (non-hydrogen) atoms. The van der Waals surface area contributed by atoms with Crippen LogP contribution in [0.4, 0.5) is 5.82 Å². The van der Waals surface area contributed by atoms with Gasteiger partial charge in [-0.25, -0.2) is 9.97 Å². The Balaban J connectivity index is 1.62. The number of nitrogens with zero attached hydrogens (tertiary/aromatic N) is 5. The minimum Gasteiger partial charge on any atom is -0.494 e. The van der Waals surface area contributed by atoms with Gasteiger partial charge in [0.15, 0.2) is 14.0 Å². The van der Waals surface area contributed by atoms with Gasteiger partial charge in [-0.2, -0.15) is 9.61 Å². The molecule has 13 heteroatoms. The van der Waals surface area contributed by atoms with Crippen LogP contribution in [-0.4, -0.2) is 77.3 Å². The molecule has 2 aliphatic carbocycles. The predicted octanol–water partition coefficient (Wildman–Crippen LogP) is 11.1. The molecule has 0 radical (unpaired) electrons. The van der Waals surface area contributed by atoms with Crippen LogP contribution in [0.3, 0.4) is 0 Å². The molecule has 0 spiro atoms. The van der Waals surface area contributed by atoms with Gasteiger partial charge in [0.2, 0.25) is 0 Å². The highest BCUT2D eigenvalue weighted by molar-refractivity contribution is 7.15. The molecule has 0 amide bonds. The summed E-state index contributed by atoms with van der Waals surface area (Å²) in [6, 6.07) is 2.19. The summed E-state index contributed by atoms with van der Waals surface area (Å²) in [6.07, 6.45) is 10.2. The Morgan fingerprint density at radius 1 is 0.925 bits per heavy atom. The van der Waals surface area contributed by atoms with E-state index in [-0.39, 0.29) is 5.04 Å². The molecule has 2 saturated carbocycles. The average molecular weight is 800 g/mol. The summed E-state index contributed by atoms with van der Waals surface area (Å²) in [5.41, 5.74) is 3.83. The van der Waals surface area contributed by atoms with Crippen molar-refractivity contribution < 1.29 is 18.6 Å². The highest BCUT2D eigenvalue weighted by Gasteiger charge is 2.39. The maximum atomic E-state index is 6.57. The van der Waals surface area contributed by atoms with Crippen molar-refractivity contribution in [3.8, 4) is 10.4 Å². The third kappa shape index (κ3) is 10.9. The SMILES string of the molecule is C=C(OCC)c1c(C2C[C@H]3CC[C@@H](C2)C3)nc2c(-c3cnc(CO[Si](C)(C)C(C)(C)C)s3)cnn2c1N(COCC[Si](C)(C)C)COCC[Si](C)(C)C. The number of hydrogen-bond acceptors (Lipinski definition) is 9. The highest BCUT2D eigenvalue weighted by atomic mass is 32.1. The van der Waals surface area contributed by atoms with Crippen molar-refractivity contribution in [2.75, 3.05) is 38.2 Å². The van der Waals surface area contributed by atoms with Crippen molar-refractivity contribution in [1.29, 1.82) is 0 Å². The van der Waals surface area contributed by atoms with Crippen molar-refractivity contribution >= 4 is 53.0 Å². The van der Waals surface area contributed by atoms with Gasteiger partial charge in [-0.05, 0) is 68.2 Å². The summed E-state index contributed by atoms with van der Waals surface area (Å²) in [4.78, 5) is 13.7. The molecular weight excluding hydrogens is 731 g/mol. The molecule has 3 heterocycles. The second-order valence-corrected chi connectivity index (χ2v) is 36.6. The van der Waals surface area contributed by atoms with E-state index in [4.69, 9.17) is 33.7 Å². The van der Waals surface area contributed by atoms with Crippen LogP contribution >= 0.6 is 11.3 Å². The summed E-state index contributed by atoms with van der Waals surface area (Å²) in [5.74, 6) is 3.33. The van der Waals surface area contributed by atoms with E-state index < -0.39 is 24.5 Å². The largest absolute Gasteiger partial charge is 0.494 e. The van der Waals surface area contributed by atoms with E-state index in [9.17, 15) is 0 Å². The van der Waals surface area contributed by atoms with Crippen molar-refractivity contribution in [2.24, 2.45) is 11.8 Å². The first-order valence-electron chi connectivity index (χ1n) is 20.0. The topological polar surface area (TPSA) is 83.2 Å². The van der Waals surface area contributed by atoms with E-state index in [0.717, 1.165) is 74.9 Å². The van der Waals surface area contributed by atoms with Crippen molar-refractivity contribution in [2.45, 2.75) is 142 Å². The van der Waals surface area contributed by atoms with Crippen molar-refractivity contribution in [3.63, 3.8) is 0 Å². The average Bonchev–Trinajstić information content (AvgIpc) is 3.78. The van der Waals surface area contributed by atoms with E-state index in [2.05, 4.69) is 84.6 Å². The molecule has 3 aromatic rings. The summed E-state index contributed by atoms with van der Waals surface area (Å²) < 4.78 is 27.9. The molecule has 0 aliphatic heterocycles. The molecule has 0 N–H and O–H groups in total. The molecule has 296 valence electrons. The van der Waals surface area contributed by atoms with E-state index in [1.807, 2.05) is 23.8 Å². The van der Waals surface area contributed by atoms with E-state index >= 15 is 0 Å². The molecule has 0 saturated heterocycles. The molecule has 0 aromatic carbocycles. The lowest BCUT2D eigenvalue weighted by atomic mass is 9.78. The first-order chi connectivity index (χ1) is 24.8. The van der Waals surface area contributed by atoms with Crippen LogP contribution < -0.4 is 4.90 Å². The lowest BCUT2D eigenvalue weighted by molar-refractivity contribution is 0.0941. The maximum absolute atomic E-state index is 6.57. The van der Waals surface area contributed by atoms with Crippen LogP contribution in [-0.2, 0) is 25.2 Å². The second kappa shape index (κ2) is 17.1. The molecule has 2 aliphatic rings. The molecule has 2 bridgehead atoms. The van der Waals surface area contributed by atoms with Gasteiger partial charge in [-0.1, -0.05) is 79.5 Å². The van der Waals surface area contributed by atoms with Crippen LogP contribution in [0.25, 0.3) is 21.8 Å². The van der Waals surface area contributed by atoms with Gasteiger partial charge in [0, 0.05) is 41.5 Å². The van der Waals surface area contributed by atoms with Crippen LogP contribution in [0.5, 0.6) is 0 Å². The van der Waals surface area contributed by atoms with Gasteiger partial charge in [0.25, 0.3) is 0 Å². The number of aromatic nitrogens is 4. The number of ether oxygens (including phenoxy) is 3. The van der Waals surface area contributed by atoms with Crippen molar-refractivity contribution in [3.05, 3.63) is 35.2 Å². The fourth-order valence-corrected chi connectivity index (χ4v) is 10.6. The number of hydrogen-bond donors (Lipinski definition) is 0. The fourth-order valence-electron chi connectivity index (χ4n) is 7.23. The third-order valence-electron chi connectivity index (χ3n) is 11.5. The Bertz CT molecular complexity index is 1660. The van der Waals surface area contributed by atoms with Crippen LogP contribution in [0.2, 0.25) is 69.5 Å². The van der Waals surface area contributed by atoms with E-state index in [1.165, 1.54) is 19.3 Å².